The number of carbonyl (C=O) groups is 2. The number of aliphatic carboxylic acids is 2. The Morgan fingerprint density at radius 3 is 1.06 bits per heavy atom. The van der Waals surface area contributed by atoms with Crippen LogP contribution in [-0.2, 0) is 9.59 Å². The molecule has 0 spiro atoms. The van der Waals surface area contributed by atoms with Crippen molar-refractivity contribution in [3.63, 3.8) is 0 Å². The molecule has 0 radical (unpaired) electrons. The molecule has 0 aromatic rings. The number of unbranched alkanes of at least 4 members (excludes halogenated alkanes) is 8. The lowest BCUT2D eigenvalue weighted by atomic mass is 10.0. The van der Waals surface area contributed by atoms with Crippen LogP contribution < -0.4 is 0 Å². The fraction of sp³-hybridized carbons (Fsp3) is 0.909. The fourth-order valence-electron chi connectivity index (χ4n) is 2.43. The number of aliphatic hydroxyl groups excluding tert-OH is 6. The molecule has 0 aliphatic carbocycles. The van der Waals surface area contributed by atoms with E-state index in [1.807, 2.05) is 0 Å². The third-order valence-electron chi connectivity index (χ3n) is 4.50. The van der Waals surface area contributed by atoms with E-state index in [1.54, 1.807) is 0 Å². The molecule has 0 rings (SSSR count). The lowest BCUT2D eigenvalue weighted by Gasteiger charge is -2.24. The van der Waals surface area contributed by atoms with E-state index >= 15 is 0 Å². The van der Waals surface area contributed by atoms with E-state index in [2.05, 4.69) is 13.8 Å². The molecule has 0 aromatic carbocycles. The normalized spacial score (nSPS) is 14.1. The van der Waals surface area contributed by atoms with E-state index < -0.39 is 49.6 Å². The highest BCUT2D eigenvalue weighted by atomic mass is 16.4. The molecule has 0 saturated carbocycles. The van der Waals surface area contributed by atoms with Crippen molar-refractivity contribution in [3.8, 4) is 0 Å². The van der Waals surface area contributed by atoms with Crippen molar-refractivity contribution in [1.82, 2.24) is 0 Å². The summed E-state index contributed by atoms with van der Waals surface area (Å²) in [5, 5.41) is 68.7. The van der Waals surface area contributed by atoms with E-state index in [9.17, 15) is 9.59 Å². The quantitative estimate of drug-likeness (QED) is 0.143. The maximum atomic E-state index is 10.0. The molecule has 0 saturated heterocycles. The molecule has 32 heavy (non-hydrogen) atoms. The first-order valence-corrected chi connectivity index (χ1v) is 11.5. The zero-order valence-corrected chi connectivity index (χ0v) is 19.6. The van der Waals surface area contributed by atoms with Crippen LogP contribution in [0.3, 0.4) is 0 Å². The molecule has 194 valence electrons. The summed E-state index contributed by atoms with van der Waals surface area (Å²) in [5.41, 5.74) is 0. The summed E-state index contributed by atoms with van der Waals surface area (Å²) in [6, 6.07) is 0. The summed E-state index contributed by atoms with van der Waals surface area (Å²) in [6.45, 7) is 2.85. The third kappa shape index (κ3) is 26.7. The van der Waals surface area contributed by atoms with Gasteiger partial charge in [0.1, 0.15) is 24.4 Å². The number of aliphatic hydroxyl groups is 6. The van der Waals surface area contributed by atoms with E-state index in [0.717, 1.165) is 25.7 Å². The highest BCUT2D eigenvalue weighted by Crippen LogP contribution is 2.05. The average molecular weight is 471 g/mol. The molecule has 4 atom stereocenters. The van der Waals surface area contributed by atoms with Crippen LogP contribution in [0, 0.1) is 0 Å². The van der Waals surface area contributed by atoms with Gasteiger partial charge in [-0.2, -0.15) is 0 Å². The molecule has 8 N–H and O–H groups in total. The number of hydrogen-bond donors (Lipinski definition) is 8. The highest BCUT2D eigenvalue weighted by molar-refractivity contribution is 5.66. The Bertz CT molecular complexity index is 382. The topological polar surface area (TPSA) is 196 Å². The van der Waals surface area contributed by atoms with Gasteiger partial charge in [0.25, 0.3) is 0 Å². The van der Waals surface area contributed by atoms with Crippen LogP contribution in [0.4, 0.5) is 0 Å². The predicted octanol–water partition coefficient (Wildman–Crippen LogP) is 1.28. The van der Waals surface area contributed by atoms with Crippen LogP contribution in [0.15, 0.2) is 0 Å². The van der Waals surface area contributed by atoms with Gasteiger partial charge < -0.3 is 40.9 Å². The van der Waals surface area contributed by atoms with Crippen LogP contribution in [0.1, 0.15) is 90.9 Å². The van der Waals surface area contributed by atoms with Crippen molar-refractivity contribution in [3.05, 3.63) is 0 Å². The smallest absolute Gasteiger partial charge is 0.303 e. The van der Waals surface area contributed by atoms with Crippen LogP contribution >= 0.6 is 0 Å². The zero-order chi connectivity index (χ0) is 25.4. The van der Waals surface area contributed by atoms with Crippen molar-refractivity contribution in [2.45, 2.75) is 115 Å². The van der Waals surface area contributed by atoms with Crippen LogP contribution in [0.5, 0.6) is 0 Å². The number of hydrogen-bond acceptors (Lipinski definition) is 8. The molecule has 0 heterocycles. The maximum Gasteiger partial charge on any atom is 0.303 e. The van der Waals surface area contributed by atoms with Gasteiger partial charge in [0, 0.05) is 12.8 Å². The molecule has 0 aliphatic heterocycles. The summed E-state index contributed by atoms with van der Waals surface area (Å²) < 4.78 is 0. The molecule has 0 aromatic heterocycles. The van der Waals surface area contributed by atoms with Crippen LogP contribution in [0.2, 0.25) is 0 Å². The van der Waals surface area contributed by atoms with Gasteiger partial charge >= 0.3 is 11.9 Å². The summed E-state index contributed by atoms with van der Waals surface area (Å²) in [5.74, 6) is -1.34. The first-order chi connectivity index (χ1) is 15.1. The highest BCUT2D eigenvalue weighted by Gasteiger charge is 2.29. The van der Waals surface area contributed by atoms with Crippen molar-refractivity contribution in [1.29, 1.82) is 0 Å². The molecule has 10 nitrogen and oxygen atoms in total. The lowest BCUT2D eigenvalue weighted by Crippen LogP contribution is -2.46. The van der Waals surface area contributed by atoms with Gasteiger partial charge in [0.2, 0.25) is 0 Å². The fourth-order valence-corrected chi connectivity index (χ4v) is 2.43. The van der Waals surface area contributed by atoms with E-state index in [4.69, 9.17) is 40.9 Å². The van der Waals surface area contributed by atoms with Gasteiger partial charge in [-0.3, -0.25) is 9.59 Å². The molecular weight excluding hydrogens is 424 g/mol. The molecule has 0 bridgehead atoms. The summed E-state index contributed by atoms with van der Waals surface area (Å²) in [7, 11) is 0. The second kappa shape index (κ2) is 26.0. The molecular formula is C22H46O10. The van der Waals surface area contributed by atoms with Gasteiger partial charge in [0.05, 0.1) is 13.2 Å². The van der Waals surface area contributed by atoms with Crippen LogP contribution in [0.25, 0.3) is 0 Å². The van der Waals surface area contributed by atoms with Crippen molar-refractivity contribution in [2.24, 2.45) is 0 Å². The number of carboxylic acids is 2. The summed E-state index contributed by atoms with van der Waals surface area (Å²) >= 11 is 0. The zero-order valence-electron chi connectivity index (χ0n) is 19.6. The van der Waals surface area contributed by atoms with Gasteiger partial charge in [-0.05, 0) is 12.8 Å². The second-order valence-corrected chi connectivity index (χ2v) is 7.60. The minimum atomic E-state index is -1.67. The van der Waals surface area contributed by atoms with Gasteiger partial charge in [0.15, 0.2) is 0 Å². The SMILES string of the molecule is CCCCCCCC(=O)O.CCCCCCCC(=O)O.OC[C@@H](O)[C@@H](O)[C@H](O)[C@@H](O)CO. The van der Waals surface area contributed by atoms with E-state index in [0.29, 0.717) is 12.8 Å². The monoisotopic (exact) mass is 470 g/mol. The molecule has 0 aliphatic rings. The number of carboxylic acid groups (broad SMARTS) is 2. The minimum absolute atomic E-state index is 0.337. The summed E-state index contributed by atoms with van der Waals surface area (Å²) in [4.78, 5) is 20.1. The van der Waals surface area contributed by atoms with E-state index in [-0.39, 0.29) is 0 Å². The standard InChI is InChI=1S/2C8H16O2.C6H14O6/c2*1-2-3-4-5-6-7-8(9)10;7-1-3(9)5(11)6(12)4(10)2-8/h2*2-7H2,1H3,(H,9,10);3-12H,1-2H2/t;;3-,4+,5-,6-/m..1/s1. The summed E-state index contributed by atoms with van der Waals surface area (Å²) in [6.07, 6.45) is 5.38. The second-order valence-electron chi connectivity index (χ2n) is 7.60. The lowest BCUT2D eigenvalue weighted by molar-refractivity contribution is -0.138. The Labute approximate surface area is 191 Å². The Morgan fingerprint density at radius 2 is 0.844 bits per heavy atom. The maximum absolute atomic E-state index is 10.0. The molecule has 0 amide bonds. The Balaban J connectivity index is -0.000000397. The third-order valence-corrected chi connectivity index (χ3v) is 4.50. The Morgan fingerprint density at radius 1 is 0.562 bits per heavy atom. The van der Waals surface area contributed by atoms with Gasteiger partial charge in [-0.1, -0.05) is 65.2 Å². The molecule has 0 unspecified atom stereocenters. The Hall–Kier alpha value is -1.30. The molecule has 10 heteroatoms. The first kappa shape index (κ1) is 35.3. The number of rotatable bonds is 17. The van der Waals surface area contributed by atoms with Crippen molar-refractivity contribution >= 4 is 11.9 Å². The first-order valence-electron chi connectivity index (χ1n) is 11.5. The molecule has 0 fully saturated rings. The van der Waals surface area contributed by atoms with Crippen molar-refractivity contribution < 1.29 is 50.4 Å². The largest absolute Gasteiger partial charge is 0.481 e. The van der Waals surface area contributed by atoms with Crippen molar-refractivity contribution in [2.75, 3.05) is 13.2 Å². The predicted molar refractivity (Wildman–Crippen MR) is 120 cm³/mol. The van der Waals surface area contributed by atoms with E-state index in [1.165, 1.54) is 38.5 Å². The minimum Gasteiger partial charge on any atom is -0.481 e. The van der Waals surface area contributed by atoms with Gasteiger partial charge in [-0.15, -0.1) is 0 Å². The average Bonchev–Trinajstić information content (AvgIpc) is 2.77. The van der Waals surface area contributed by atoms with Crippen LogP contribution in [-0.4, -0.2) is 90.4 Å². The van der Waals surface area contributed by atoms with Gasteiger partial charge in [-0.25, -0.2) is 0 Å². The Kier molecular flexibility index (Phi) is 28.6.